The monoisotopic (exact) mass is 298 g/mol. The third-order valence-electron chi connectivity index (χ3n) is 4.04. The molecule has 0 aliphatic heterocycles. The summed E-state index contributed by atoms with van der Waals surface area (Å²) in [6, 6.07) is 10.7. The Bertz CT molecular complexity index is 741. The predicted octanol–water partition coefficient (Wildman–Crippen LogP) is 4.54. The summed E-state index contributed by atoms with van der Waals surface area (Å²) in [4.78, 5) is 6.23. The fraction of sp³-hybridized carbons (Fsp3) is 0.353. The number of nitrogens with zero attached hydrogens (tertiary/aromatic N) is 1. The highest BCUT2D eigenvalue weighted by Gasteiger charge is 2.25. The molecular formula is C17H18N2OS. The predicted molar refractivity (Wildman–Crippen MR) is 86.7 cm³/mol. The van der Waals surface area contributed by atoms with Crippen molar-refractivity contribution in [1.29, 1.82) is 0 Å². The summed E-state index contributed by atoms with van der Waals surface area (Å²) in [6.07, 6.45) is 3.52. The Balaban J connectivity index is 1.76. The van der Waals surface area contributed by atoms with Crippen LogP contribution >= 0.6 is 11.3 Å². The third kappa shape index (κ3) is 2.28. The maximum absolute atomic E-state index is 5.95. The van der Waals surface area contributed by atoms with Gasteiger partial charge in [0.1, 0.15) is 5.58 Å². The van der Waals surface area contributed by atoms with E-state index in [1.807, 2.05) is 18.2 Å². The fourth-order valence-electron chi connectivity index (χ4n) is 3.05. The highest BCUT2D eigenvalue weighted by atomic mass is 32.1. The van der Waals surface area contributed by atoms with Crippen molar-refractivity contribution < 1.29 is 4.42 Å². The Kier molecular flexibility index (Phi) is 3.28. The number of hydrogen-bond acceptors (Lipinski definition) is 4. The first-order chi connectivity index (χ1) is 10.3. The van der Waals surface area contributed by atoms with Crippen LogP contribution in [-0.4, -0.2) is 11.5 Å². The second-order valence-electron chi connectivity index (χ2n) is 5.48. The van der Waals surface area contributed by atoms with Crippen molar-refractivity contribution in [3.8, 4) is 10.8 Å². The van der Waals surface area contributed by atoms with E-state index in [2.05, 4.69) is 24.4 Å². The van der Waals surface area contributed by atoms with Crippen molar-refractivity contribution in [2.24, 2.45) is 0 Å². The lowest BCUT2D eigenvalue weighted by atomic mass is 9.98. The van der Waals surface area contributed by atoms with Gasteiger partial charge in [-0.25, -0.2) is 4.98 Å². The summed E-state index contributed by atoms with van der Waals surface area (Å²) in [6.45, 7) is 3.16. The number of thiazole rings is 1. The molecule has 0 saturated heterocycles. The first kappa shape index (κ1) is 13.0. The molecule has 1 aliphatic carbocycles. The van der Waals surface area contributed by atoms with Gasteiger partial charge in [-0.15, -0.1) is 11.3 Å². The van der Waals surface area contributed by atoms with Gasteiger partial charge in [0.05, 0.1) is 5.69 Å². The number of furan rings is 1. The van der Waals surface area contributed by atoms with Gasteiger partial charge in [-0.3, -0.25) is 0 Å². The molecule has 0 amide bonds. The van der Waals surface area contributed by atoms with Gasteiger partial charge < -0.3 is 9.73 Å². The largest absolute Gasteiger partial charge is 0.454 e. The van der Waals surface area contributed by atoms with Crippen LogP contribution in [0.2, 0.25) is 0 Å². The van der Waals surface area contributed by atoms with E-state index in [9.17, 15) is 0 Å². The lowest BCUT2D eigenvalue weighted by Crippen LogP contribution is -2.23. The van der Waals surface area contributed by atoms with Crippen molar-refractivity contribution in [2.75, 3.05) is 6.54 Å². The van der Waals surface area contributed by atoms with Crippen molar-refractivity contribution in [2.45, 2.75) is 32.2 Å². The molecule has 4 rings (SSSR count). The maximum Gasteiger partial charge on any atom is 0.164 e. The number of rotatable bonds is 3. The first-order valence-corrected chi connectivity index (χ1v) is 8.38. The molecule has 0 saturated carbocycles. The van der Waals surface area contributed by atoms with Gasteiger partial charge in [0.15, 0.2) is 10.8 Å². The number of para-hydroxylation sites is 1. The summed E-state index contributed by atoms with van der Waals surface area (Å²) < 4.78 is 5.95. The topological polar surface area (TPSA) is 38.1 Å². The number of benzene rings is 1. The lowest BCUT2D eigenvalue weighted by molar-refractivity contribution is 0.476. The van der Waals surface area contributed by atoms with Crippen LogP contribution in [0.15, 0.2) is 34.7 Å². The molecule has 3 nitrogen and oxygen atoms in total. The molecule has 4 heteroatoms. The van der Waals surface area contributed by atoms with Crippen LogP contribution in [0.3, 0.4) is 0 Å². The van der Waals surface area contributed by atoms with Gasteiger partial charge >= 0.3 is 0 Å². The molecule has 2 aromatic heterocycles. The second kappa shape index (κ2) is 5.28. The molecule has 21 heavy (non-hydrogen) atoms. The third-order valence-corrected chi connectivity index (χ3v) is 5.26. The number of aromatic nitrogens is 1. The summed E-state index contributed by atoms with van der Waals surface area (Å²) in [7, 11) is 0. The molecule has 0 fully saturated rings. The van der Waals surface area contributed by atoms with E-state index in [4.69, 9.17) is 9.40 Å². The molecule has 1 aromatic carbocycles. The molecule has 3 aromatic rings. The van der Waals surface area contributed by atoms with E-state index in [1.54, 1.807) is 11.3 Å². The molecule has 1 atom stereocenters. The second-order valence-corrected chi connectivity index (χ2v) is 6.51. The van der Waals surface area contributed by atoms with Crippen molar-refractivity contribution in [1.82, 2.24) is 10.3 Å². The minimum atomic E-state index is 0.467. The van der Waals surface area contributed by atoms with E-state index in [1.165, 1.54) is 23.4 Å². The molecule has 0 radical (unpaired) electrons. The maximum atomic E-state index is 5.95. The van der Waals surface area contributed by atoms with Crippen LogP contribution in [0.5, 0.6) is 0 Å². The van der Waals surface area contributed by atoms with E-state index in [-0.39, 0.29) is 0 Å². The van der Waals surface area contributed by atoms with Crippen LogP contribution < -0.4 is 5.32 Å². The minimum Gasteiger partial charge on any atom is -0.454 e. The zero-order valence-electron chi connectivity index (χ0n) is 12.1. The fourth-order valence-corrected chi connectivity index (χ4v) is 4.23. The van der Waals surface area contributed by atoms with Gasteiger partial charge in [0.2, 0.25) is 0 Å². The molecular weight excluding hydrogens is 280 g/mol. The molecule has 0 bridgehead atoms. The van der Waals surface area contributed by atoms with Crippen LogP contribution in [0.25, 0.3) is 21.7 Å². The van der Waals surface area contributed by atoms with Gasteiger partial charge in [-0.2, -0.15) is 0 Å². The Morgan fingerprint density at radius 1 is 1.38 bits per heavy atom. The highest BCUT2D eigenvalue weighted by molar-refractivity contribution is 7.15. The summed E-state index contributed by atoms with van der Waals surface area (Å²) in [5.74, 6) is 0.894. The SMILES string of the molecule is CCNC1CCCc2nc(-c3cc4ccccc4o3)sc21. The van der Waals surface area contributed by atoms with E-state index in [0.717, 1.165) is 34.7 Å². The quantitative estimate of drug-likeness (QED) is 0.771. The van der Waals surface area contributed by atoms with Crippen LogP contribution in [-0.2, 0) is 6.42 Å². The Morgan fingerprint density at radius 2 is 2.29 bits per heavy atom. The minimum absolute atomic E-state index is 0.467. The normalized spacial score (nSPS) is 18.0. The van der Waals surface area contributed by atoms with Crippen molar-refractivity contribution in [3.63, 3.8) is 0 Å². The number of hydrogen-bond donors (Lipinski definition) is 1. The molecule has 1 N–H and O–H groups in total. The Hall–Kier alpha value is -1.65. The van der Waals surface area contributed by atoms with Crippen LogP contribution in [0, 0.1) is 0 Å². The molecule has 1 unspecified atom stereocenters. The van der Waals surface area contributed by atoms with Gasteiger partial charge in [-0.05, 0) is 37.9 Å². The van der Waals surface area contributed by atoms with E-state index < -0.39 is 0 Å². The first-order valence-electron chi connectivity index (χ1n) is 7.57. The van der Waals surface area contributed by atoms with Crippen molar-refractivity contribution >= 4 is 22.3 Å². The van der Waals surface area contributed by atoms with Gasteiger partial charge in [0.25, 0.3) is 0 Å². The highest BCUT2D eigenvalue weighted by Crippen LogP contribution is 2.39. The summed E-state index contributed by atoms with van der Waals surface area (Å²) >= 11 is 1.78. The number of nitrogens with one attached hydrogen (secondary N) is 1. The average Bonchev–Trinajstić information content (AvgIpc) is 3.11. The van der Waals surface area contributed by atoms with Gasteiger partial charge in [0, 0.05) is 16.3 Å². The lowest BCUT2D eigenvalue weighted by Gasteiger charge is -2.21. The zero-order chi connectivity index (χ0) is 14.2. The average molecular weight is 298 g/mol. The Morgan fingerprint density at radius 3 is 3.14 bits per heavy atom. The number of aryl methyl sites for hydroxylation is 1. The van der Waals surface area contributed by atoms with Gasteiger partial charge in [-0.1, -0.05) is 25.1 Å². The summed E-state index contributed by atoms with van der Waals surface area (Å²) in [5.41, 5.74) is 2.19. The van der Waals surface area contributed by atoms with Crippen LogP contribution in [0.4, 0.5) is 0 Å². The Labute approximate surface area is 128 Å². The molecule has 0 spiro atoms. The molecule has 1 aliphatic rings. The van der Waals surface area contributed by atoms with E-state index in [0.29, 0.717) is 6.04 Å². The summed E-state index contributed by atoms with van der Waals surface area (Å²) in [5, 5.41) is 5.73. The van der Waals surface area contributed by atoms with Crippen molar-refractivity contribution in [3.05, 3.63) is 40.9 Å². The molecule has 108 valence electrons. The number of fused-ring (bicyclic) bond motifs is 2. The van der Waals surface area contributed by atoms with E-state index >= 15 is 0 Å². The smallest absolute Gasteiger partial charge is 0.164 e. The zero-order valence-corrected chi connectivity index (χ0v) is 12.9. The van der Waals surface area contributed by atoms with Crippen LogP contribution in [0.1, 0.15) is 36.4 Å². The molecule has 2 heterocycles. The standard InChI is InChI=1S/C17H18N2OS/c1-2-18-12-7-5-8-13-16(12)21-17(19-13)15-10-11-6-3-4-9-14(11)20-15/h3-4,6,9-10,12,18H,2,5,7-8H2,1H3.